The summed E-state index contributed by atoms with van der Waals surface area (Å²) in [5.74, 6) is 2.46. The van der Waals surface area contributed by atoms with Crippen molar-refractivity contribution in [2.45, 2.75) is 32.8 Å². The zero-order chi connectivity index (χ0) is 20.3. The van der Waals surface area contributed by atoms with Gasteiger partial charge in [0, 0.05) is 50.8 Å². The predicted molar refractivity (Wildman–Crippen MR) is 107 cm³/mol. The van der Waals surface area contributed by atoms with Crippen molar-refractivity contribution >= 4 is 17.3 Å². The Morgan fingerprint density at radius 2 is 1.75 bits per heavy atom. The zero-order valence-electron chi connectivity index (χ0n) is 16.8. The Morgan fingerprint density at radius 1 is 1.11 bits per heavy atom. The molecule has 0 aromatic carbocycles. The minimum Gasteiger partial charge on any atom is -0.378 e. The molecule has 0 unspecified atom stereocenters. The second-order valence-electron chi connectivity index (χ2n) is 7.83. The van der Waals surface area contributed by atoms with E-state index in [0.717, 1.165) is 49.3 Å². The molecule has 1 fully saturated rings. The van der Waals surface area contributed by atoms with Gasteiger partial charge in [-0.2, -0.15) is 0 Å². The molecule has 1 aliphatic heterocycles. The first-order valence-electron chi connectivity index (χ1n) is 9.25. The topological polar surface area (TPSA) is 97.5 Å². The Labute approximate surface area is 164 Å². The maximum atomic E-state index is 10.8. The number of pyridine rings is 1. The highest BCUT2D eigenvalue weighted by molar-refractivity contribution is 5.47. The molecule has 9 heteroatoms. The van der Waals surface area contributed by atoms with Gasteiger partial charge in [0.1, 0.15) is 23.7 Å². The molecule has 28 heavy (non-hydrogen) atoms. The molecule has 0 aliphatic carbocycles. The van der Waals surface area contributed by atoms with E-state index in [1.54, 1.807) is 13.2 Å². The molecule has 1 aliphatic rings. The molecular weight excluding hydrogens is 360 g/mol. The van der Waals surface area contributed by atoms with Gasteiger partial charge in [-0.25, -0.2) is 15.0 Å². The summed E-state index contributed by atoms with van der Waals surface area (Å²) in [6.07, 6.45) is 1.30. The number of methoxy groups -OCH3 is 1. The third-order valence-electron chi connectivity index (χ3n) is 4.60. The Morgan fingerprint density at radius 3 is 2.25 bits per heavy atom. The number of hydrogen-bond acceptors (Lipinski definition) is 8. The summed E-state index contributed by atoms with van der Waals surface area (Å²) >= 11 is 0. The second kappa shape index (κ2) is 8.05. The monoisotopic (exact) mass is 386 g/mol. The molecule has 2 aromatic heterocycles. The van der Waals surface area contributed by atoms with Crippen LogP contribution < -0.4 is 9.80 Å². The fourth-order valence-corrected chi connectivity index (χ4v) is 3.04. The van der Waals surface area contributed by atoms with Gasteiger partial charge in [0.2, 0.25) is 0 Å². The molecule has 0 atom stereocenters. The molecule has 3 heterocycles. The smallest absolute Gasteiger partial charge is 0.287 e. The largest absolute Gasteiger partial charge is 0.378 e. The molecule has 0 amide bonds. The Bertz CT molecular complexity index is 827. The van der Waals surface area contributed by atoms with Crippen LogP contribution >= 0.6 is 0 Å². The van der Waals surface area contributed by atoms with Crippen LogP contribution in [0.4, 0.5) is 17.3 Å². The quantitative estimate of drug-likeness (QED) is 0.571. The van der Waals surface area contributed by atoms with Gasteiger partial charge in [-0.15, -0.1) is 0 Å². The second-order valence-corrected chi connectivity index (χ2v) is 7.83. The van der Waals surface area contributed by atoms with Gasteiger partial charge in [-0.3, -0.25) is 10.1 Å². The lowest BCUT2D eigenvalue weighted by Gasteiger charge is -2.36. The van der Waals surface area contributed by atoms with Crippen LogP contribution in [0.15, 0.2) is 24.4 Å². The average molecular weight is 386 g/mol. The van der Waals surface area contributed by atoms with Gasteiger partial charge in [-0.05, 0) is 6.07 Å². The Kier molecular flexibility index (Phi) is 5.73. The summed E-state index contributed by atoms with van der Waals surface area (Å²) in [5.41, 5.74) is 0.726. The van der Waals surface area contributed by atoms with E-state index < -0.39 is 4.92 Å². The normalized spacial score (nSPS) is 15.0. The van der Waals surface area contributed by atoms with E-state index in [1.807, 2.05) is 6.07 Å². The lowest BCUT2D eigenvalue weighted by Crippen LogP contribution is -2.47. The van der Waals surface area contributed by atoms with Gasteiger partial charge in [0.15, 0.2) is 0 Å². The molecule has 0 N–H and O–H groups in total. The number of aromatic nitrogens is 3. The van der Waals surface area contributed by atoms with Crippen LogP contribution in [0.1, 0.15) is 32.3 Å². The number of ether oxygens (including phenoxy) is 1. The third-order valence-corrected chi connectivity index (χ3v) is 4.60. The molecule has 0 radical (unpaired) electrons. The number of nitrogens with zero attached hydrogens (tertiary/aromatic N) is 6. The van der Waals surface area contributed by atoms with Crippen LogP contribution in [-0.2, 0) is 16.8 Å². The predicted octanol–water partition coefficient (Wildman–Crippen LogP) is 2.55. The fourth-order valence-electron chi connectivity index (χ4n) is 3.04. The van der Waals surface area contributed by atoms with Gasteiger partial charge < -0.3 is 14.5 Å². The number of piperazine rings is 1. The minimum atomic E-state index is -0.436. The van der Waals surface area contributed by atoms with Crippen molar-refractivity contribution in [2.75, 3.05) is 43.1 Å². The van der Waals surface area contributed by atoms with Gasteiger partial charge in [0.25, 0.3) is 5.69 Å². The molecule has 0 bridgehead atoms. The van der Waals surface area contributed by atoms with Gasteiger partial charge in [0.05, 0.1) is 17.2 Å². The van der Waals surface area contributed by atoms with E-state index in [1.165, 1.54) is 12.3 Å². The first-order valence-corrected chi connectivity index (χ1v) is 9.25. The van der Waals surface area contributed by atoms with E-state index in [4.69, 9.17) is 9.72 Å². The van der Waals surface area contributed by atoms with Crippen molar-refractivity contribution in [1.29, 1.82) is 0 Å². The summed E-state index contributed by atoms with van der Waals surface area (Å²) in [5, 5.41) is 10.8. The summed E-state index contributed by atoms with van der Waals surface area (Å²) in [6, 6.07) is 5.18. The molecule has 2 aromatic rings. The Hall–Kier alpha value is -2.81. The average Bonchev–Trinajstić information content (AvgIpc) is 2.67. The fraction of sp³-hybridized carbons (Fsp3) is 0.526. The van der Waals surface area contributed by atoms with E-state index in [0.29, 0.717) is 6.61 Å². The molecule has 9 nitrogen and oxygen atoms in total. The lowest BCUT2D eigenvalue weighted by molar-refractivity contribution is -0.385. The van der Waals surface area contributed by atoms with E-state index in [-0.39, 0.29) is 11.1 Å². The lowest BCUT2D eigenvalue weighted by atomic mass is 9.95. The minimum absolute atomic E-state index is 0.00348. The van der Waals surface area contributed by atoms with E-state index >= 15 is 0 Å². The highest BCUT2D eigenvalue weighted by Crippen LogP contribution is 2.24. The van der Waals surface area contributed by atoms with Crippen LogP contribution in [0, 0.1) is 10.1 Å². The van der Waals surface area contributed by atoms with Crippen LogP contribution in [0.3, 0.4) is 0 Å². The molecule has 3 rings (SSSR count). The van der Waals surface area contributed by atoms with Crippen LogP contribution in [-0.4, -0.2) is 53.2 Å². The van der Waals surface area contributed by atoms with Crippen molar-refractivity contribution in [2.24, 2.45) is 0 Å². The van der Waals surface area contributed by atoms with Crippen molar-refractivity contribution in [1.82, 2.24) is 15.0 Å². The maximum absolute atomic E-state index is 10.8. The zero-order valence-corrected chi connectivity index (χ0v) is 16.8. The Balaban J connectivity index is 1.73. The van der Waals surface area contributed by atoms with Crippen LogP contribution in [0.2, 0.25) is 0 Å². The van der Waals surface area contributed by atoms with Crippen molar-refractivity contribution < 1.29 is 9.66 Å². The highest BCUT2D eigenvalue weighted by Gasteiger charge is 2.24. The van der Waals surface area contributed by atoms with Crippen LogP contribution in [0.25, 0.3) is 0 Å². The highest BCUT2D eigenvalue weighted by atomic mass is 16.6. The van der Waals surface area contributed by atoms with Gasteiger partial charge in [-0.1, -0.05) is 20.8 Å². The molecule has 150 valence electrons. The van der Waals surface area contributed by atoms with Crippen LogP contribution in [0.5, 0.6) is 0 Å². The number of rotatable bonds is 5. The first-order chi connectivity index (χ1) is 13.3. The molecule has 0 spiro atoms. The van der Waals surface area contributed by atoms with E-state index in [2.05, 4.69) is 40.5 Å². The summed E-state index contributed by atoms with van der Waals surface area (Å²) in [6.45, 7) is 9.84. The first kappa shape index (κ1) is 19.9. The van der Waals surface area contributed by atoms with Crippen molar-refractivity contribution in [3.05, 3.63) is 46.0 Å². The molecule has 0 saturated carbocycles. The molecular formula is C19H26N6O3. The summed E-state index contributed by atoms with van der Waals surface area (Å²) < 4.78 is 5.27. The number of nitro groups is 1. The number of hydrogen-bond donors (Lipinski definition) is 0. The maximum Gasteiger partial charge on any atom is 0.287 e. The third kappa shape index (κ3) is 4.53. The molecule has 1 saturated heterocycles. The number of anilines is 2. The van der Waals surface area contributed by atoms with E-state index in [9.17, 15) is 10.1 Å². The van der Waals surface area contributed by atoms with Gasteiger partial charge >= 0.3 is 0 Å². The van der Waals surface area contributed by atoms with Crippen molar-refractivity contribution in [3.63, 3.8) is 0 Å². The SMILES string of the molecule is COCc1cc(N2CCN(c3ccc([N+](=O)[O-])cn3)CC2)nc(C(C)(C)C)n1. The standard InChI is InChI=1S/C19H26N6O3/c1-19(2,3)18-21-14(13-28-4)11-17(22-18)24-9-7-23(8-10-24)16-6-5-15(12-20-16)25(26)27/h5-6,11-12H,7-10,13H2,1-4H3. The summed E-state index contributed by atoms with van der Waals surface area (Å²) in [7, 11) is 1.66. The summed E-state index contributed by atoms with van der Waals surface area (Å²) in [4.78, 5) is 28.4. The van der Waals surface area contributed by atoms with Crippen molar-refractivity contribution in [3.8, 4) is 0 Å².